The third kappa shape index (κ3) is 1.90. The zero-order chi connectivity index (χ0) is 11.9. The van der Waals surface area contributed by atoms with E-state index >= 15 is 0 Å². The average Bonchev–Trinajstić information content (AvgIpc) is 2.90. The van der Waals surface area contributed by atoms with Gasteiger partial charge in [0.25, 0.3) is 0 Å². The van der Waals surface area contributed by atoms with Crippen LogP contribution in [0.2, 0.25) is 0 Å². The molecule has 0 amide bonds. The highest BCUT2D eigenvalue weighted by Crippen LogP contribution is 2.45. The van der Waals surface area contributed by atoms with Gasteiger partial charge in [-0.05, 0) is 24.5 Å². The number of nitrogens with two attached hydrogens (primary N) is 1. The Balaban J connectivity index is 1.82. The number of aromatic nitrogens is 2. The van der Waals surface area contributed by atoms with Crippen molar-refractivity contribution in [3.63, 3.8) is 0 Å². The number of nitrogen functional groups attached to an aromatic ring is 1. The second kappa shape index (κ2) is 3.58. The maximum atomic E-state index is 5.88. The average molecular weight is 229 g/mol. The van der Waals surface area contributed by atoms with Crippen LogP contribution in [0.5, 0.6) is 0 Å². The lowest BCUT2D eigenvalue weighted by atomic mass is 10.1. The minimum Gasteiger partial charge on any atom is -0.398 e. The van der Waals surface area contributed by atoms with Gasteiger partial charge in [-0.15, -0.1) is 0 Å². The Morgan fingerprint density at radius 2 is 2.12 bits per heavy atom. The lowest BCUT2D eigenvalue weighted by Crippen LogP contribution is -2.02. The van der Waals surface area contributed by atoms with Gasteiger partial charge < -0.3 is 10.3 Å². The summed E-state index contributed by atoms with van der Waals surface area (Å²) in [7, 11) is 0. The first-order chi connectivity index (χ1) is 8.17. The van der Waals surface area contributed by atoms with Gasteiger partial charge >= 0.3 is 0 Å². The summed E-state index contributed by atoms with van der Waals surface area (Å²) in [6.07, 6.45) is 2.91. The van der Waals surface area contributed by atoms with E-state index in [2.05, 4.69) is 17.1 Å². The molecule has 0 aliphatic heterocycles. The monoisotopic (exact) mass is 229 g/mol. The molecule has 1 aliphatic rings. The third-order valence-electron chi connectivity index (χ3n) is 3.40. The second-order valence-corrected chi connectivity index (χ2v) is 4.95. The van der Waals surface area contributed by atoms with Crippen LogP contribution in [0.25, 0.3) is 0 Å². The first kappa shape index (κ1) is 10.3. The van der Waals surface area contributed by atoms with E-state index in [-0.39, 0.29) is 5.41 Å². The van der Waals surface area contributed by atoms with E-state index in [4.69, 9.17) is 10.3 Å². The van der Waals surface area contributed by atoms with Gasteiger partial charge in [0.15, 0.2) is 5.82 Å². The maximum absolute atomic E-state index is 5.88. The summed E-state index contributed by atoms with van der Waals surface area (Å²) < 4.78 is 5.27. The number of anilines is 1. The van der Waals surface area contributed by atoms with E-state index in [1.165, 1.54) is 0 Å². The number of benzene rings is 1. The van der Waals surface area contributed by atoms with Gasteiger partial charge in [0, 0.05) is 11.1 Å². The topological polar surface area (TPSA) is 64.9 Å². The van der Waals surface area contributed by atoms with Crippen LogP contribution in [0.4, 0.5) is 5.69 Å². The minimum absolute atomic E-state index is 0.157. The molecule has 4 heteroatoms. The lowest BCUT2D eigenvalue weighted by molar-refractivity contribution is 0.375. The molecule has 0 radical (unpaired) electrons. The molecule has 0 spiro atoms. The van der Waals surface area contributed by atoms with Crippen LogP contribution < -0.4 is 5.73 Å². The molecule has 1 saturated carbocycles. The molecule has 1 fully saturated rings. The van der Waals surface area contributed by atoms with Crippen molar-refractivity contribution < 1.29 is 4.52 Å². The summed E-state index contributed by atoms with van der Waals surface area (Å²) in [6.45, 7) is 2.17. The van der Waals surface area contributed by atoms with Crippen molar-refractivity contribution in [1.29, 1.82) is 0 Å². The third-order valence-corrected chi connectivity index (χ3v) is 3.40. The second-order valence-electron chi connectivity index (χ2n) is 4.95. The molecule has 2 aromatic rings. The number of nitrogens with zero attached hydrogens (tertiary/aromatic N) is 2. The van der Waals surface area contributed by atoms with Crippen molar-refractivity contribution in [3.05, 3.63) is 41.5 Å². The predicted molar refractivity (Wildman–Crippen MR) is 64.5 cm³/mol. The van der Waals surface area contributed by atoms with Crippen molar-refractivity contribution in [1.82, 2.24) is 10.1 Å². The van der Waals surface area contributed by atoms with Gasteiger partial charge in [0.2, 0.25) is 5.89 Å². The van der Waals surface area contributed by atoms with Crippen LogP contribution in [-0.4, -0.2) is 10.1 Å². The van der Waals surface area contributed by atoms with Gasteiger partial charge in [-0.3, -0.25) is 0 Å². The van der Waals surface area contributed by atoms with Crippen LogP contribution in [0.1, 0.15) is 37.0 Å². The zero-order valence-corrected chi connectivity index (χ0v) is 9.81. The van der Waals surface area contributed by atoms with E-state index in [1.54, 1.807) is 0 Å². The van der Waals surface area contributed by atoms with Crippen LogP contribution in [0.15, 0.2) is 28.8 Å². The summed E-state index contributed by atoms with van der Waals surface area (Å²) in [6, 6.07) is 7.75. The number of hydrogen-bond acceptors (Lipinski definition) is 4. The van der Waals surface area contributed by atoms with Crippen LogP contribution in [0.3, 0.4) is 0 Å². The summed E-state index contributed by atoms with van der Waals surface area (Å²) in [5, 5.41) is 4.05. The van der Waals surface area contributed by atoms with E-state index in [0.29, 0.717) is 12.3 Å². The van der Waals surface area contributed by atoms with E-state index in [9.17, 15) is 0 Å². The molecule has 2 N–H and O–H groups in total. The number of rotatable bonds is 3. The molecule has 1 heterocycles. The van der Waals surface area contributed by atoms with Crippen LogP contribution in [-0.2, 0) is 11.8 Å². The highest BCUT2D eigenvalue weighted by Gasteiger charge is 2.43. The lowest BCUT2D eigenvalue weighted by Gasteiger charge is -2.01. The first-order valence-corrected chi connectivity index (χ1v) is 5.84. The summed E-state index contributed by atoms with van der Waals surface area (Å²) in [4.78, 5) is 4.45. The van der Waals surface area contributed by atoms with Crippen LogP contribution >= 0.6 is 0 Å². The summed E-state index contributed by atoms with van der Waals surface area (Å²) in [5.74, 6) is 1.48. The largest absolute Gasteiger partial charge is 0.398 e. The van der Waals surface area contributed by atoms with E-state index in [0.717, 1.165) is 29.9 Å². The van der Waals surface area contributed by atoms with Crippen molar-refractivity contribution in [3.8, 4) is 0 Å². The highest BCUT2D eigenvalue weighted by atomic mass is 16.5. The number of hydrogen-bond donors (Lipinski definition) is 1. The summed E-state index contributed by atoms with van der Waals surface area (Å²) in [5.41, 5.74) is 7.84. The smallest absolute Gasteiger partial charge is 0.231 e. The molecule has 0 saturated heterocycles. The normalized spacial score (nSPS) is 17.0. The Hall–Kier alpha value is -1.84. The fraction of sp³-hybridized carbons (Fsp3) is 0.385. The SMILES string of the molecule is CC1(c2noc(Cc3ccccc3N)n2)CC1. The molecule has 88 valence electrons. The predicted octanol–water partition coefficient (Wildman–Crippen LogP) is 2.29. The molecule has 4 nitrogen and oxygen atoms in total. The Morgan fingerprint density at radius 3 is 2.82 bits per heavy atom. The quantitative estimate of drug-likeness (QED) is 0.820. The van der Waals surface area contributed by atoms with Crippen molar-refractivity contribution in [2.75, 3.05) is 5.73 Å². The molecule has 1 aliphatic carbocycles. The molecule has 17 heavy (non-hydrogen) atoms. The molecule has 3 rings (SSSR count). The molecular formula is C13H15N3O. The van der Waals surface area contributed by atoms with Crippen molar-refractivity contribution in [2.24, 2.45) is 0 Å². The standard InChI is InChI=1S/C13H15N3O/c1-13(6-7-13)12-15-11(17-16-12)8-9-4-2-3-5-10(9)14/h2-5H,6-8,14H2,1H3. The van der Waals surface area contributed by atoms with Gasteiger partial charge in [-0.25, -0.2) is 0 Å². The summed E-state index contributed by atoms with van der Waals surface area (Å²) >= 11 is 0. The molecule has 0 unspecified atom stereocenters. The molecule has 0 atom stereocenters. The Kier molecular flexibility index (Phi) is 2.18. The highest BCUT2D eigenvalue weighted by molar-refractivity contribution is 5.47. The fourth-order valence-electron chi connectivity index (χ4n) is 1.84. The molecular weight excluding hydrogens is 214 g/mol. The van der Waals surface area contributed by atoms with Gasteiger partial charge in [0.05, 0.1) is 6.42 Å². The number of para-hydroxylation sites is 1. The Labute approximate surface area is 99.8 Å². The van der Waals surface area contributed by atoms with Crippen molar-refractivity contribution >= 4 is 5.69 Å². The van der Waals surface area contributed by atoms with Gasteiger partial charge in [-0.1, -0.05) is 30.3 Å². The maximum Gasteiger partial charge on any atom is 0.231 e. The minimum atomic E-state index is 0.157. The van der Waals surface area contributed by atoms with Gasteiger partial charge in [0.1, 0.15) is 0 Å². The first-order valence-electron chi connectivity index (χ1n) is 5.84. The van der Waals surface area contributed by atoms with E-state index in [1.807, 2.05) is 24.3 Å². The van der Waals surface area contributed by atoms with Crippen LogP contribution in [0, 0.1) is 0 Å². The molecule has 1 aromatic heterocycles. The van der Waals surface area contributed by atoms with E-state index < -0.39 is 0 Å². The Morgan fingerprint density at radius 1 is 1.35 bits per heavy atom. The molecule has 0 bridgehead atoms. The zero-order valence-electron chi connectivity index (χ0n) is 9.81. The van der Waals surface area contributed by atoms with Gasteiger partial charge in [-0.2, -0.15) is 4.98 Å². The van der Waals surface area contributed by atoms with Crippen molar-refractivity contribution in [2.45, 2.75) is 31.6 Å². The fourth-order valence-corrected chi connectivity index (χ4v) is 1.84. The molecule has 1 aromatic carbocycles. The Bertz CT molecular complexity index is 543.